The van der Waals surface area contributed by atoms with Crippen molar-refractivity contribution in [2.24, 2.45) is 16.8 Å². The Hall–Kier alpha value is -2.97. The molecule has 0 radical (unpaired) electrons. The van der Waals surface area contributed by atoms with Crippen LogP contribution in [0.1, 0.15) is 61.0 Å². The van der Waals surface area contributed by atoms with Gasteiger partial charge in [0.25, 0.3) is 11.7 Å². The van der Waals surface area contributed by atoms with Gasteiger partial charge in [-0.25, -0.2) is 4.39 Å². The minimum absolute atomic E-state index is 0.00945. The second-order valence-corrected chi connectivity index (χ2v) is 14.5. The van der Waals surface area contributed by atoms with Crippen molar-refractivity contribution in [2.75, 3.05) is 57.4 Å². The smallest absolute Gasteiger partial charge is 0.379 e. The summed E-state index contributed by atoms with van der Waals surface area (Å²) < 4.78 is 50.1. The average Bonchev–Trinajstić information content (AvgIpc) is 3.37. The van der Waals surface area contributed by atoms with E-state index in [9.17, 15) is 17.6 Å². The molecule has 2 N–H and O–H groups in total. The molecule has 13 heteroatoms. The molecule has 1 saturated carbocycles. The van der Waals surface area contributed by atoms with Crippen molar-refractivity contribution < 1.29 is 22.3 Å². The highest BCUT2D eigenvalue weighted by Gasteiger charge is 2.60. The molecular formula is C31H41FN7O4S+. The Kier molecular flexibility index (Phi) is 7.94. The first kappa shape index (κ1) is 29.7. The number of halogens is 1. The second kappa shape index (κ2) is 11.8. The Morgan fingerprint density at radius 1 is 0.955 bits per heavy atom. The molecule has 1 amide bonds. The summed E-state index contributed by atoms with van der Waals surface area (Å²) in [6.45, 7) is 4.95. The van der Waals surface area contributed by atoms with E-state index in [1.807, 2.05) is 6.07 Å². The highest BCUT2D eigenvalue weighted by molar-refractivity contribution is 7.88. The summed E-state index contributed by atoms with van der Waals surface area (Å²) in [6.07, 6.45) is 3.91. The van der Waals surface area contributed by atoms with E-state index in [2.05, 4.69) is 9.80 Å². The monoisotopic (exact) mass is 626 g/mol. The van der Waals surface area contributed by atoms with E-state index in [1.54, 1.807) is 30.3 Å². The van der Waals surface area contributed by atoms with Crippen molar-refractivity contribution in [1.82, 2.24) is 18.2 Å². The van der Waals surface area contributed by atoms with Crippen molar-refractivity contribution in [3.63, 3.8) is 0 Å². The normalized spacial score (nSPS) is 26.3. The van der Waals surface area contributed by atoms with Crippen LogP contribution in [0.25, 0.3) is 0 Å². The molecule has 44 heavy (non-hydrogen) atoms. The minimum Gasteiger partial charge on any atom is -0.379 e. The number of morpholine rings is 1. The lowest BCUT2D eigenvalue weighted by Gasteiger charge is -2.41. The number of carbonyl (C=O) groups is 1. The number of para-hydroxylation sites is 1. The van der Waals surface area contributed by atoms with E-state index in [0.29, 0.717) is 23.0 Å². The summed E-state index contributed by atoms with van der Waals surface area (Å²) in [7, 11) is -4.31. The van der Waals surface area contributed by atoms with Crippen molar-refractivity contribution in [2.45, 2.75) is 57.2 Å². The summed E-state index contributed by atoms with van der Waals surface area (Å²) in [5.74, 6) is -0.465. The predicted molar refractivity (Wildman–Crippen MR) is 167 cm³/mol. The van der Waals surface area contributed by atoms with Crippen LogP contribution in [0.3, 0.4) is 0 Å². The minimum atomic E-state index is -4.31. The predicted octanol–water partition coefficient (Wildman–Crippen LogP) is 3.32. The zero-order valence-electron chi connectivity index (χ0n) is 25.0. The Morgan fingerprint density at radius 2 is 1.64 bits per heavy atom. The first-order valence-electron chi connectivity index (χ1n) is 15.9. The van der Waals surface area contributed by atoms with Gasteiger partial charge in [-0.05, 0) is 44.6 Å². The topological polar surface area (TPSA) is 121 Å². The lowest BCUT2D eigenvalue weighted by atomic mass is 9.79. The summed E-state index contributed by atoms with van der Waals surface area (Å²) in [6, 6.07) is 11.0. The number of quaternary nitrogens is 1. The molecule has 5 aliphatic rings. The first-order chi connectivity index (χ1) is 21.3. The Balaban J connectivity index is 1.38. The zero-order valence-corrected chi connectivity index (χ0v) is 25.8. The number of alkyl halides is 1. The number of amides is 1. The molecule has 1 atom stereocenters. The molecule has 4 aliphatic heterocycles. The van der Waals surface area contributed by atoms with Crippen LogP contribution < -0.4 is 14.6 Å². The molecule has 5 heterocycles. The van der Waals surface area contributed by atoms with Gasteiger partial charge in [0, 0.05) is 67.4 Å². The molecule has 0 spiro atoms. The molecule has 1 unspecified atom stereocenters. The third-order valence-corrected chi connectivity index (χ3v) is 12.2. The highest BCUT2D eigenvalue weighted by atomic mass is 32.2. The van der Waals surface area contributed by atoms with Gasteiger partial charge >= 0.3 is 10.2 Å². The number of anilines is 1. The Morgan fingerprint density at radius 3 is 2.25 bits per heavy atom. The number of nitrogens with two attached hydrogens (primary N) is 1. The number of benzene rings is 1. The number of piperidine rings is 2. The Labute approximate surface area is 258 Å². The maximum atomic E-state index is 14.9. The SMILES string of the molecule is NC(=O)c1cc(N2CCC(N3CCOCC3)CC2)c2c(n1)[N+](c1ccccc1)(S(=O)(=O)N1CCC(F)CC1)N=C2C1CCC1. The number of fused-ring (bicyclic) bond motifs is 1. The molecular weight excluding hydrogens is 585 g/mol. The highest BCUT2D eigenvalue weighted by Crippen LogP contribution is 2.52. The quantitative estimate of drug-likeness (QED) is 0.468. The molecule has 4 fully saturated rings. The van der Waals surface area contributed by atoms with E-state index < -0.39 is 26.3 Å². The lowest BCUT2D eigenvalue weighted by Crippen LogP contribution is -2.55. The largest absolute Gasteiger partial charge is 0.408 e. The van der Waals surface area contributed by atoms with E-state index in [1.165, 1.54) is 4.31 Å². The van der Waals surface area contributed by atoms with Crippen LogP contribution in [0.2, 0.25) is 0 Å². The number of carbonyl (C=O) groups excluding carboxylic acids is 1. The zero-order chi connectivity index (χ0) is 30.5. The van der Waals surface area contributed by atoms with Gasteiger partial charge in [0.1, 0.15) is 23.1 Å². The average molecular weight is 627 g/mol. The van der Waals surface area contributed by atoms with Crippen LogP contribution in [-0.2, 0) is 14.9 Å². The van der Waals surface area contributed by atoms with Gasteiger partial charge in [-0.2, -0.15) is 17.7 Å². The molecule has 1 aromatic carbocycles. The summed E-state index contributed by atoms with van der Waals surface area (Å²) in [5.41, 5.74) is 8.45. The number of primary amides is 1. The maximum absolute atomic E-state index is 14.9. The summed E-state index contributed by atoms with van der Waals surface area (Å²) in [5, 5.41) is 5.16. The van der Waals surface area contributed by atoms with E-state index in [-0.39, 0.29) is 43.4 Å². The summed E-state index contributed by atoms with van der Waals surface area (Å²) in [4.78, 5) is 22.3. The van der Waals surface area contributed by atoms with Gasteiger partial charge in [-0.15, -0.1) is 0 Å². The third kappa shape index (κ3) is 4.93. The van der Waals surface area contributed by atoms with Crippen LogP contribution in [0.4, 0.5) is 21.6 Å². The third-order valence-electron chi connectivity index (χ3n) is 10.0. The van der Waals surface area contributed by atoms with Crippen LogP contribution in [0, 0.1) is 5.92 Å². The molecule has 1 aromatic heterocycles. The maximum Gasteiger partial charge on any atom is 0.408 e. The number of hydrogen-bond donors (Lipinski definition) is 1. The van der Waals surface area contributed by atoms with Crippen LogP contribution in [-0.4, -0.2) is 98.9 Å². The molecule has 2 aromatic rings. The Bertz CT molecular complexity index is 1530. The number of aromatic nitrogens is 1. The standard InChI is InChI=1S/C31H40FN7O4S/c32-23-9-15-38(16-10-23)44(41,42)39(25-7-2-1-3-8-25)31-28(29(35-39)22-5-4-6-22)27(21-26(34-31)30(33)40)37-13-11-24(12-14-37)36-17-19-43-20-18-36/h1-3,7-8,21-24H,4-6,9-20H2,(H-,33,40)/p+1. The molecule has 7 rings (SSSR count). The number of pyridine rings is 1. The lowest BCUT2D eigenvalue weighted by molar-refractivity contribution is 0.0115. The van der Waals surface area contributed by atoms with Crippen LogP contribution in [0.15, 0.2) is 41.5 Å². The van der Waals surface area contributed by atoms with Crippen molar-refractivity contribution in [3.05, 3.63) is 47.7 Å². The van der Waals surface area contributed by atoms with Crippen molar-refractivity contribution >= 4 is 39.0 Å². The molecule has 11 nitrogen and oxygen atoms in total. The van der Waals surface area contributed by atoms with E-state index in [4.69, 9.17) is 20.6 Å². The molecule has 3 saturated heterocycles. The number of nitrogens with zero attached hydrogens (tertiary/aromatic N) is 6. The van der Waals surface area contributed by atoms with Gasteiger partial charge in [-0.3, -0.25) is 9.69 Å². The van der Waals surface area contributed by atoms with E-state index >= 15 is 0 Å². The van der Waals surface area contributed by atoms with Crippen molar-refractivity contribution in [1.29, 1.82) is 0 Å². The van der Waals surface area contributed by atoms with Crippen LogP contribution >= 0.6 is 0 Å². The molecule has 1 aliphatic carbocycles. The molecule has 236 valence electrons. The van der Waals surface area contributed by atoms with E-state index in [0.717, 1.165) is 77.2 Å². The summed E-state index contributed by atoms with van der Waals surface area (Å²) >= 11 is 0. The van der Waals surface area contributed by atoms with Gasteiger partial charge in [0.15, 0.2) is 5.69 Å². The number of hydrogen-bond acceptors (Lipinski definition) is 8. The van der Waals surface area contributed by atoms with Gasteiger partial charge < -0.3 is 15.4 Å². The van der Waals surface area contributed by atoms with Gasteiger partial charge in [0.2, 0.25) is 0 Å². The van der Waals surface area contributed by atoms with Crippen LogP contribution in [0.5, 0.6) is 0 Å². The number of ether oxygens (including phenoxy) is 1. The number of rotatable bonds is 7. The van der Waals surface area contributed by atoms with Gasteiger partial charge in [0.05, 0.1) is 18.9 Å². The van der Waals surface area contributed by atoms with Gasteiger partial charge in [-0.1, -0.05) is 29.7 Å². The fourth-order valence-electron chi connectivity index (χ4n) is 7.32. The fraction of sp³-hybridized carbons (Fsp3) is 0.581. The first-order valence-corrected chi connectivity index (χ1v) is 17.3. The molecule has 0 bridgehead atoms. The fourth-order valence-corrected chi connectivity index (χ4v) is 9.25. The van der Waals surface area contributed by atoms with Crippen molar-refractivity contribution in [3.8, 4) is 0 Å². The second-order valence-electron chi connectivity index (χ2n) is 12.5.